The van der Waals surface area contributed by atoms with Gasteiger partial charge in [0.1, 0.15) is 5.75 Å². The molecule has 0 radical (unpaired) electrons. The minimum absolute atomic E-state index is 0.187. The summed E-state index contributed by atoms with van der Waals surface area (Å²) in [5, 5.41) is 14.2. The maximum absolute atomic E-state index is 10.0. The highest BCUT2D eigenvalue weighted by molar-refractivity contribution is 7.20. The van der Waals surface area contributed by atoms with Crippen LogP contribution in [0.25, 0.3) is 10.2 Å². The molecule has 1 heterocycles. The van der Waals surface area contributed by atoms with Gasteiger partial charge >= 0.3 is 0 Å². The van der Waals surface area contributed by atoms with Gasteiger partial charge in [0.05, 0.1) is 16.3 Å². The molecule has 4 rings (SSSR count). The van der Waals surface area contributed by atoms with Crippen molar-refractivity contribution >= 4 is 21.6 Å². The Balaban J connectivity index is 1.30. The number of nitrogens with zero attached hydrogens (tertiary/aromatic N) is 1. The molecular formula is C21H24N2O2S. The fourth-order valence-electron chi connectivity index (χ4n) is 3.47. The molecule has 3 aromatic rings. The van der Waals surface area contributed by atoms with Crippen LogP contribution in [0.1, 0.15) is 31.2 Å². The number of fused-ring (bicyclic) bond motifs is 1. The number of nitrogens with one attached hydrogen (secondary N) is 1. The van der Waals surface area contributed by atoms with Crippen molar-refractivity contribution in [2.45, 2.75) is 44.2 Å². The number of aliphatic hydroxyl groups excluding tert-OH is 1. The average molecular weight is 369 g/mol. The second kappa shape index (κ2) is 8.16. The first-order valence-electron chi connectivity index (χ1n) is 9.32. The highest BCUT2D eigenvalue weighted by Gasteiger charge is 2.21. The topological polar surface area (TPSA) is 54.4 Å². The molecule has 26 heavy (non-hydrogen) atoms. The predicted molar refractivity (Wildman–Crippen MR) is 106 cm³/mol. The summed E-state index contributed by atoms with van der Waals surface area (Å²) in [6.07, 6.45) is 5.13. The van der Waals surface area contributed by atoms with E-state index in [1.807, 2.05) is 30.3 Å². The van der Waals surface area contributed by atoms with Crippen molar-refractivity contribution in [3.63, 3.8) is 0 Å². The fourth-order valence-corrected chi connectivity index (χ4v) is 4.31. The van der Waals surface area contributed by atoms with Crippen molar-refractivity contribution in [3.05, 3.63) is 54.1 Å². The zero-order valence-electron chi connectivity index (χ0n) is 14.7. The van der Waals surface area contributed by atoms with Gasteiger partial charge in [-0.2, -0.15) is 0 Å². The van der Waals surface area contributed by atoms with Gasteiger partial charge in [0, 0.05) is 6.04 Å². The third kappa shape index (κ3) is 4.23. The second-order valence-corrected chi connectivity index (χ2v) is 7.85. The fraction of sp³-hybridized carbons (Fsp3) is 0.381. The zero-order chi connectivity index (χ0) is 17.8. The second-order valence-electron chi connectivity index (χ2n) is 6.86. The highest BCUT2D eigenvalue weighted by atomic mass is 32.1. The quantitative estimate of drug-likeness (QED) is 0.671. The number of aliphatic hydroxyl groups is 1. The Morgan fingerprint density at radius 2 is 1.88 bits per heavy atom. The Bertz CT molecular complexity index is 814. The van der Waals surface area contributed by atoms with Crippen LogP contribution in [0, 0.1) is 0 Å². The number of hydrogen-bond donors (Lipinski definition) is 2. The summed E-state index contributed by atoms with van der Waals surface area (Å²) in [7, 11) is 0. The lowest BCUT2D eigenvalue weighted by Crippen LogP contribution is -2.42. The summed E-state index contributed by atoms with van der Waals surface area (Å²) in [4.78, 5) is 4.50. The molecule has 5 heteroatoms. The van der Waals surface area contributed by atoms with Crippen molar-refractivity contribution in [3.8, 4) is 10.9 Å². The maximum Gasteiger partial charge on any atom is 0.279 e. The minimum Gasteiger partial charge on any atom is -0.431 e. The molecule has 1 fully saturated rings. The smallest absolute Gasteiger partial charge is 0.279 e. The molecule has 2 N–H and O–H groups in total. The van der Waals surface area contributed by atoms with Crippen molar-refractivity contribution in [2.75, 3.05) is 6.54 Å². The maximum atomic E-state index is 10.0. The Kier molecular flexibility index (Phi) is 5.48. The summed E-state index contributed by atoms with van der Waals surface area (Å²) in [5.74, 6) is 0.809. The normalized spacial score (nSPS) is 20.3. The van der Waals surface area contributed by atoms with Crippen molar-refractivity contribution in [2.24, 2.45) is 0 Å². The molecule has 1 aromatic heterocycles. The van der Waals surface area contributed by atoms with E-state index in [9.17, 15) is 5.11 Å². The molecule has 2 atom stereocenters. The molecule has 1 aliphatic rings. The molecule has 4 nitrogen and oxygen atoms in total. The molecule has 0 aliphatic heterocycles. The highest BCUT2D eigenvalue weighted by Crippen LogP contribution is 2.31. The van der Waals surface area contributed by atoms with Gasteiger partial charge < -0.3 is 15.2 Å². The molecular weight excluding hydrogens is 344 g/mol. The average Bonchev–Trinajstić information content (AvgIpc) is 3.07. The van der Waals surface area contributed by atoms with Gasteiger partial charge in [-0.15, -0.1) is 0 Å². The van der Waals surface area contributed by atoms with Gasteiger partial charge in [-0.1, -0.05) is 48.4 Å². The van der Waals surface area contributed by atoms with Gasteiger partial charge in [-0.25, -0.2) is 4.98 Å². The zero-order valence-corrected chi connectivity index (χ0v) is 15.5. The van der Waals surface area contributed by atoms with Gasteiger partial charge in [-0.3, -0.25) is 0 Å². The number of para-hydroxylation sites is 1. The van der Waals surface area contributed by atoms with E-state index in [0.29, 0.717) is 5.19 Å². The summed E-state index contributed by atoms with van der Waals surface area (Å²) in [6, 6.07) is 16.5. The molecule has 0 amide bonds. The molecule has 136 valence electrons. The van der Waals surface area contributed by atoms with Crippen LogP contribution in [0.4, 0.5) is 0 Å². The summed E-state index contributed by atoms with van der Waals surface area (Å²) in [6.45, 7) is 0.889. The van der Waals surface area contributed by atoms with E-state index >= 15 is 0 Å². The molecule has 2 aromatic carbocycles. The lowest BCUT2D eigenvalue weighted by atomic mass is 9.92. The summed E-state index contributed by atoms with van der Waals surface area (Å²) < 4.78 is 7.03. The Hall–Kier alpha value is -1.95. The number of rotatable bonds is 6. The minimum atomic E-state index is -0.187. The van der Waals surface area contributed by atoms with E-state index in [4.69, 9.17) is 4.74 Å². The van der Waals surface area contributed by atoms with Gasteiger partial charge in [-0.05, 0) is 55.6 Å². The Morgan fingerprint density at radius 1 is 1.08 bits per heavy atom. The predicted octanol–water partition coefficient (Wildman–Crippen LogP) is 4.52. The number of thiazole rings is 1. The van der Waals surface area contributed by atoms with Crippen molar-refractivity contribution < 1.29 is 9.84 Å². The number of aromatic nitrogens is 1. The standard InChI is InChI=1S/C21H24N2O2S/c24-19-7-3-1-5-17(19)22-14-13-15-9-11-16(12-10-15)25-21-23-18-6-2-4-8-20(18)26-21/h2,4,6,8-12,17,19,22,24H,1,3,5,7,13-14H2/t17-,19+/m1/s1. The van der Waals surface area contributed by atoms with Crippen molar-refractivity contribution in [1.29, 1.82) is 0 Å². The van der Waals surface area contributed by atoms with Gasteiger partial charge in [0.25, 0.3) is 5.19 Å². The SMILES string of the molecule is O[C@H]1CCCC[C@H]1NCCc1ccc(Oc2nc3ccccc3s2)cc1. The van der Waals surface area contributed by atoms with Crippen LogP contribution >= 0.6 is 11.3 Å². The number of hydrogen-bond acceptors (Lipinski definition) is 5. The van der Waals surface area contributed by atoms with Crippen LogP contribution in [-0.4, -0.2) is 28.8 Å². The molecule has 0 bridgehead atoms. The van der Waals surface area contributed by atoms with Crippen LogP contribution in [-0.2, 0) is 6.42 Å². The molecule has 1 saturated carbocycles. The van der Waals surface area contributed by atoms with E-state index in [1.165, 1.54) is 12.0 Å². The summed E-state index contributed by atoms with van der Waals surface area (Å²) in [5.41, 5.74) is 2.24. The third-order valence-corrected chi connectivity index (χ3v) is 5.87. The lowest BCUT2D eigenvalue weighted by molar-refractivity contribution is 0.0914. The van der Waals surface area contributed by atoms with E-state index in [1.54, 1.807) is 11.3 Å². The van der Waals surface area contributed by atoms with E-state index in [0.717, 1.165) is 48.2 Å². The molecule has 0 spiro atoms. The van der Waals surface area contributed by atoms with Crippen LogP contribution < -0.4 is 10.1 Å². The summed E-state index contributed by atoms with van der Waals surface area (Å²) >= 11 is 1.56. The van der Waals surface area contributed by atoms with Crippen LogP contribution in [0.3, 0.4) is 0 Å². The van der Waals surface area contributed by atoms with Gasteiger partial charge in [0.2, 0.25) is 0 Å². The number of benzene rings is 2. The van der Waals surface area contributed by atoms with Crippen LogP contribution in [0.2, 0.25) is 0 Å². The molecule has 0 saturated heterocycles. The van der Waals surface area contributed by atoms with E-state index < -0.39 is 0 Å². The first-order valence-corrected chi connectivity index (χ1v) is 10.1. The lowest BCUT2D eigenvalue weighted by Gasteiger charge is -2.28. The monoisotopic (exact) mass is 368 g/mol. The first-order chi connectivity index (χ1) is 12.8. The van der Waals surface area contributed by atoms with Crippen LogP contribution in [0.5, 0.6) is 10.9 Å². The van der Waals surface area contributed by atoms with Gasteiger partial charge in [0.15, 0.2) is 0 Å². The van der Waals surface area contributed by atoms with E-state index in [2.05, 4.69) is 28.5 Å². The Labute approximate surface area is 157 Å². The Morgan fingerprint density at radius 3 is 2.69 bits per heavy atom. The molecule has 0 unspecified atom stereocenters. The van der Waals surface area contributed by atoms with Crippen LogP contribution in [0.15, 0.2) is 48.5 Å². The largest absolute Gasteiger partial charge is 0.431 e. The van der Waals surface area contributed by atoms with E-state index in [-0.39, 0.29) is 12.1 Å². The third-order valence-electron chi connectivity index (χ3n) is 4.95. The molecule has 1 aliphatic carbocycles. The first kappa shape index (κ1) is 17.5. The van der Waals surface area contributed by atoms with Crippen molar-refractivity contribution in [1.82, 2.24) is 10.3 Å². The number of ether oxygens (including phenoxy) is 1.